The third-order valence-electron chi connectivity index (χ3n) is 2.99. The van der Waals surface area contributed by atoms with Crippen molar-refractivity contribution in [1.82, 2.24) is 0 Å². The summed E-state index contributed by atoms with van der Waals surface area (Å²) >= 11 is 5.79. The van der Waals surface area contributed by atoms with Gasteiger partial charge < -0.3 is 5.73 Å². The van der Waals surface area contributed by atoms with Gasteiger partial charge in [-0.3, -0.25) is 0 Å². The van der Waals surface area contributed by atoms with E-state index in [9.17, 15) is 8.42 Å². The Bertz CT molecular complexity index is 495. The molecule has 0 unspecified atom stereocenters. The van der Waals surface area contributed by atoms with Gasteiger partial charge in [0.05, 0.1) is 16.3 Å². The van der Waals surface area contributed by atoms with Gasteiger partial charge in [-0.15, -0.1) is 0 Å². The third-order valence-corrected chi connectivity index (χ3v) is 5.16. The number of benzene rings is 1. The Hall–Kier alpha value is -0.740. The summed E-state index contributed by atoms with van der Waals surface area (Å²) in [5, 5.41) is 0.404. The minimum Gasteiger partial charge on any atom is -0.398 e. The summed E-state index contributed by atoms with van der Waals surface area (Å²) in [6.45, 7) is 0. The van der Waals surface area contributed by atoms with E-state index in [0.29, 0.717) is 10.9 Å². The van der Waals surface area contributed by atoms with Crippen molar-refractivity contribution >= 4 is 27.1 Å². The molecule has 0 heterocycles. The molecule has 1 aromatic rings. The van der Waals surface area contributed by atoms with Gasteiger partial charge in [-0.25, -0.2) is 8.42 Å². The van der Waals surface area contributed by atoms with E-state index >= 15 is 0 Å². The molecule has 1 aliphatic rings. The van der Waals surface area contributed by atoms with Crippen LogP contribution in [0, 0.1) is 5.92 Å². The first-order chi connectivity index (χ1) is 7.49. The van der Waals surface area contributed by atoms with Crippen LogP contribution in [0.1, 0.15) is 19.3 Å². The Balaban J connectivity index is 2.30. The third kappa shape index (κ3) is 2.33. The van der Waals surface area contributed by atoms with Crippen LogP contribution in [0.4, 0.5) is 5.69 Å². The molecule has 0 bridgehead atoms. The predicted molar refractivity (Wildman–Crippen MR) is 65.3 cm³/mol. The summed E-state index contributed by atoms with van der Waals surface area (Å²) < 4.78 is 24.1. The molecule has 1 fully saturated rings. The molecule has 2 rings (SSSR count). The molecule has 0 aliphatic heterocycles. The van der Waals surface area contributed by atoms with Crippen LogP contribution in [0.2, 0.25) is 5.02 Å². The molecular formula is C11H14ClNO2S. The number of hydrogen-bond acceptors (Lipinski definition) is 3. The first-order valence-electron chi connectivity index (χ1n) is 5.27. The van der Waals surface area contributed by atoms with Crippen LogP contribution in [0.5, 0.6) is 0 Å². The molecule has 5 heteroatoms. The number of sulfone groups is 1. The van der Waals surface area contributed by atoms with Crippen molar-refractivity contribution in [2.24, 2.45) is 5.92 Å². The maximum Gasteiger partial charge on any atom is 0.180 e. The maximum atomic E-state index is 12.1. The second kappa shape index (κ2) is 4.26. The Kier molecular flexibility index (Phi) is 3.13. The Labute approximate surface area is 101 Å². The van der Waals surface area contributed by atoms with Crippen molar-refractivity contribution in [2.45, 2.75) is 24.2 Å². The lowest BCUT2D eigenvalue weighted by molar-refractivity contribution is 0.347. The normalized spacial score (nSPS) is 17.1. The summed E-state index contributed by atoms with van der Waals surface area (Å²) in [6.07, 6.45) is 3.13. The first-order valence-corrected chi connectivity index (χ1v) is 7.30. The summed E-state index contributed by atoms with van der Waals surface area (Å²) in [5.41, 5.74) is 5.95. The van der Waals surface area contributed by atoms with E-state index in [-0.39, 0.29) is 16.3 Å². The maximum absolute atomic E-state index is 12.1. The topological polar surface area (TPSA) is 60.2 Å². The number of halogens is 1. The monoisotopic (exact) mass is 259 g/mol. The lowest BCUT2D eigenvalue weighted by Crippen LogP contribution is -2.22. The number of rotatable bonds is 3. The van der Waals surface area contributed by atoms with Crippen molar-refractivity contribution in [3.05, 3.63) is 23.2 Å². The van der Waals surface area contributed by atoms with Crippen LogP contribution in [0.25, 0.3) is 0 Å². The minimum absolute atomic E-state index is 0.173. The van der Waals surface area contributed by atoms with Crippen LogP contribution < -0.4 is 5.73 Å². The van der Waals surface area contributed by atoms with Gasteiger partial charge in [0, 0.05) is 5.02 Å². The highest BCUT2D eigenvalue weighted by Gasteiger charge is 2.27. The van der Waals surface area contributed by atoms with Crippen molar-refractivity contribution in [3.8, 4) is 0 Å². The summed E-state index contributed by atoms with van der Waals surface area (Å²) in [5.74, 6) is 0.487. The lowest BCUT2D eigenvalue weighted by Gasteiger charge is -2.25. The van der Waals surface area contributed by atoms with Gasteiger partial charge in [0.1, 0.15) is 0 Å². The van der Waals surface area contributed by atoms with E-state index in [1.54, 1.807) is 6.07 Å². The molecule has 0 radical (unpaired) electrons. The van der Waals surface area contributed by atoms with Crippen LogP contribution in [-0.4, -0.2) is 14.2 Å². The average Bonchev–Trinajstić information content (AvgIpc) is 2.16. The van der Waals surface area contributed by atoms with Gasteiger partial charge >= 0.3 is 0 Å². The molecule has 88 valence electrons. The standard InChI is InChI=1S/C11H14ClNO2S/c12-9-4-5-10(13)11(6-9)16(14,15)7-8-2-1-3-8/h4-6,8H,1-3,7,13H2. The first kappa shape index (κ1) is 11.7. The molecule has 1 aromatic carbocycles. The zero-order valence-corrected chi connectivity index (χ0v) is 10.4. The quantitative estimate of drug-likeness (QED) is 0.849. The highest BCUT2D eigenvalue weighted by atomic mass is 35.5. The Morgan fingerprint density at radius 3 is 2.62 bits per heavy atom. The van der Waals surface area contributed by atoms with Crippen molar-refractivity contribution in [2.75, 3.05) is 11.5 Å². The van der Waals surface area contributed by atoms with E-state index in [0.717, 1.165) is 19.3 Å². The highest BCUT2D eigenvalue weighted by molar-refractivity contribution is 7.91. The van der Waals surface area contributed by atoms with E-state index in [1.807, 2.05) is 0 Å². The number of hydrogen-bond donors (Lipinski definition) is 1. The number of anilines is 1. The summed E-state index contributed by atoms with van der Waals surface area (Å²) in [7, 11) is -3.28. The molecule has 0 saturated heterocycles. The van der Waals surface area contributed by atoms with Gasteiger partial charge in [-0.1, -0.05) is 18.0 Å². The van der Waals surface area contributed by atoms with Crippen molar-refractivity contribution in [3.63, 3.8) is 0 Å². The molecule has 3 nitrogen and oxygen atoms in total. The van der Waals surface area contributed by atoms with Crippen LogP contribution in [-0.2, 0) is 9.84 Å². The van der Waals surface area contributed by atoms with Gasteiger partial charge in [-0.05, 0) is 37.0 Å². The lowest BCUT2D eigenvalue weighted by atomic mass is 9.87. The van der Waals surface area contributed by atoms with Crippen LogP contribution >= 0.6 is 11.6 Å². The van der Waals surface area contributed by atoms with Crippen LogP contribution in [0.15, 0.2) is 23.1 Å². The smallest absolute Gasteiger partial charge is 0.180 e. The molecule has 0 spiro atoms. The van der Waals surface area contributed by atoms with E-state index < -0.39 is 9.84 Å². The van der Waals surface area contributed by atoms with Crippen molar-refractivity contribution in [1.29, 1.82) is 0 Å². The zero-order chi connectivity index (χ0) is 11.8. The molecule has 0 atom stereocenters. The average molecular weight is 260 g/mol. The predicted octanol–water partition coefficient (Wildman–Crippen LogP) is 2.50. The number of nitrogen functional groups attached to an aromatic ring is 1. The molecule has 0 aromatic heterocycles. The fourth-order valence-corrected chi connectivity index (χ4v) is 3.94. The fraction of sp³-hybridized carbons (Fsp3) is 0.455. The second-order valence-electron chi connectivity index (χ2n) is 4.26. The summed E-state index contributed by atoms with van der Waals surface area (Å²) in [4.78, 5) is 0.173. The zero-order valence-electron chi connectivity index (χ0n) is 8.82. The second-order valence-corrected chi connectivity index (χ2v) is 6.70. The molecule has 1 aliphatic carbocycles. The summed E-state index contributed by atoms with van der Waals surface area (Å²) in [6, 6.07) is 4.57. The van der Waals surface area contributed by atoms with Gasteiger partial charge in [0.15, 0.2) is 9.84 Å². The molecule has 16 heavy (non-hydrogen) atoms. The minimum atomic E-state index is -3.28. The van der Waals surface area contributed by atoms with E-state index in [1.165, 1.54) is 12.1 Å². The Morgan fingerprint density at radius 2 is 2.06 bits per heavy atom. The largest absolute Gasteiger partial charge is 0.398 e. The van der Waals surface area contributed by atoms with E-state index in [2.05, 4.69) is 0 Å². The molecule has 2 N–H and O–H groups in total. The number of nitrogens with two attached hydrogens (primary N) is 1. The SMILES string of the molecule is Nc1ccc(Cl)cc1S(=O)(=O)CC1CCC1. The molecule has 0 amide bonds. The molecule has 1 saturated carbocycles. The van der Waals surface area contributed by atoms with Crippen LogP contribution in [0.3, 0.4) is 0 Å². The fourth-order valence-electron chi connectivity index (χ4n) is 1.84. The van der Waals surface area contributed by atoms with Crippen molar-refractivity contribution < 1.29 is 8.42 Å². The highest BCUT2D eigenvalue weighted by Crippen LogP contribution is 2.31. The Morgan fingerprint density at radius 1 is 1.38 bits per heavy atom. The van der Waals surface area contributed by atoms with E-state index in [4.69, 9.17) is 17.3 Å². The van der Waals surface area contributed by atoms with Gasteiger partial charge in [0.25, 0.3) is 0 Å². The van der Waals surface area contributed by atoms with Gasteiger partial charge in [-0.2, -0.15) is 0 Å². The molecular weight excluding hydrogens is 246 g/mol. The van der Waals surface area contributed by atoms with Gasteiger partial charge in [0.2, 0.25) is 0 Å².